The fourth-order valence-corrected chi connectivity index (χ4v) is 0.668. The van der Waals surface area contributed by atoms with E-state index in [-0.39, 0.29) is 12.5 Å². The molecule has 0 aliphatic rings. The van der Waals surface area contributed by atoms with Crippen LogP contribution in [0.15, 0.2) is 5.11 Å². The van der Waals surface area contributed by atoms with E-state index in [1.807, 2.05) is 6.92 Å². The number of amides is 1. The van der Waals surface area contributed by atoms with Crippen molar-refractivity contribution in [3.63, 3.8) is 0 Å². The summed E-state index contributed by atoms with van der Waals surface area (Å²) < 4.78 is 4.88. The van der Waals surface area contributed by atoms with Crippen molar-refractivity contribution in [3.05, 3.63) is 10.4 Å². The third-order valence-electron chi connectivity index (χ3n) is 1.26. The van der Waals surface area contributed by atoms with Gasteiger partial charge in [0, 0.05) is 24.6 Å². The van der Waals surface area contributed by atoms with E-state index in [2.05, 4.69) is 15.3 Å². The maximum Gasteiger partial charge on any atom is 0.245 e. The summed E-state index contributed by atoms with van der Waals surface area (Å²) in [5, 5.41) is 5.96. The van der Waals surface area contributed by atoms with Gasteiger partial charge in [0.15, 0.2) is 0 Å². The van der Waals surface area contributed by atoms with Gasteiger partial charge >= 0.3 is 0 Å². The number of carbonyl (C=O) groups is 1. The molecule has 74 valence electrons. The lowest BCUT2D eigenvalue weighted by Gasteiger charge is -2.02. The molecule has 6 heteroatoms. The van der Waals surface area contributed by atoms with Gasteiger partial charge in [-0.2, -0.15) is 0 Å². The molecule has 13 heavy (non-hydrogen) atoms. The second-order valence-electron chi connectivity index (χ2n) is 2.30. The van der Waals surface area contributed by atoms with Gasteiger partial charge in [0.05, 0.1) is 0 Å². The van der Waals surface area contributed by atoms with Crippen molar-refractivity contribution in [2.45, 2.75) is 13.3 Å². The van der Waals surface area contributed by atoms with Crippen LogP contribution in [0, 0.1) is 0 Å². The zero-order valence-electron chi connectivity index (χ0n) is 7.69. The van der Waals surface area contributed by atoms with Gasteiger partial charge in [0.25, 0.3) is 0 Å². The van der Waals surface area contributed by atoms with E-state index in [0.717, 1.165) is 0 Å². The quantitative estimate of drug-likeness (QED) is 0.276. The average Bonchev–Trinajstić information content (AvgIpc) is 2.14. The Morgan fingerprint density at radius 2 is 2.46 bits per heavy atom. The van der Waals surface area contributed by atoms with E-state index in [0.29, 0.717) is 26.1 Å². The van der Waals surface area contributed by atoms with E-state index in [9.17, 15) is 4.79 Å². The van der Waals surface area contributed by atoms with E-state index in [1.165, 1.54) is 0 Å². The highest BCUT2D eigenvalue weighted by atomic mass is 16.5. The predicted octanol–water partition coefficient (Wildman–Crippen LogP) is 0.839. The van der Waals surface area contributed by atoms with Crippen LogP contribution in [0.2, 0.25) is 0 Å². The van der Waals surface area contributed by atoms with Gasteiger partial charge in [-0.05, 0) is 18.9 Å². The van der Waals surface area contributed by atoms with Gasteiger partial charge in [0.1, 0.15) is 6.61 Å². The molecule has 0 aromatic carbocycles. The molecule has 0 atom stereocenters. The average molecular weight is 186 g/mol. The number of nitrogens with zero attached hydrogens (tertiary/aromatic N) is 3. The Hall–Kier alpha value is -1.26. The molecule has 0 saturated heterocycles. The monoisotopic (exact) mass is 186 g/mol. The predicted molar refractivity (Wildman–Crippen MR) is 48.1 cm³/mol. The van der Waals surface area contributed by atoms with Crippen LogP contribution in [0.4, 0.5) is 0 Å². The third kappa shape index (κ3) is 8.65. The molecule has 0 radical (unpaired) electrons. The maximum atomic E-state index is 10.9. The first kappa shape index (κ1) is 11.7. The molecule has 0 spiro atoms. The van der Waals surface area contributed by atoms with Crippen molar-refractivity contribution in [2.24, 2.45) is 5.11 Å². The molecule has 0 fully saturated rings. The van der Waals surface area contributed by atoms with Crippen molar-refractivity contribution in [2.75, 3.05) is 26.3 Å². The van der Waals surface area contributed by atoms with Crippen LogP contribution in [0.1, 0.15) is 13.3 Å². The summed E-state index contributed by atoms with van der Waals surface area (Å²) in [5.41, 5.74) is 7.94. The Balaban J connectivity index is 3.21. The molecule has 0 saturated carbocycles. The fraction of sp³-hybridized carbons (Fsp3) is 0.857. The Morgan fingerprint density at radius 1 is 1.69 bits per heavy atom. The van der Waals surface area contributed by atoms with E-state index < -0.39 is 0 Å². The summed E-state index contributed by atoms with van der Waals surface area (Å²) in [4.78, 5) is 13.5. The lowest BCUT2D eigenvalue weighted by molar-refractivity contribution is -0.125. The zero-order chi connectivity index (χ0) is 9.94. The van der Waals surface area contributed by atoms with Crippen LogP contribution in [0.25, 0.3) is 10.4 Å². The smallest absolute Gasteiger partial charge is 0.245 e. The van der Waals surface area contributed by atoms with Gasteiger partial charge in [0.2, 0.25) is 5.91 Å². The Morgan fingerprint density at radius 3 is 3.08 bits per heavy atom. The third-order valence-corrected chi connectivity index (χ3v) is 1.26. The number of ether oxygens (including phenoxy) is 1. The largest absolute Gasteiger partial charge is 0.372 e. The molecule has 0 rings (SSSR count). The molecule has 0 aliphatic heterocycles. The minimum Gasteiger partial charge on any atom is -0.372 e. The topological polar surface area (TPSA) is 87.1 Å². The molecule has 0 aromatic heterocycles. The van der Waals surface area contributed by atoms with E-state index in [4.69, 9.17) is 10.3 Å². The number of nitrogens with one attached hydrogen (secondary N) is 1. The van der Waals surface area contributed by atoms with Crippen LogP contribution < -0.4 is 5.32 Å². The normalized spacial score (nSPS) is 9.00. The summed E-state index contributed by atoms with van der Waals surface area (Å²) in [6, 6.07) is 0. The van der Waals surface area contributed by atoms with Crippen molar-refractivity contribution < 1.29 is 9.53 Å². The van der Waals surface area contributed by atoms with Crippen molar-refractivity contribution in [1.82, 2.24) is 5.32 Å². The molecule has 0 bridgehead atoms. The SMILES string of the molecule is CCOCC(=O)NCCCN=[N+]=[N-]. The molecule has 0 unspecified atom stereocenters. The Bertz CT molecular complexity index is 189. The highest BCUT2D eigenvalue weighted by Crippen LogP contribution is 1.80. The van der Waals surface area contributed by atoms with Crippen molar-refractivity contribution in [1.29, 1.82) is 0 Å². The van der Waals surface area contributed by atoms with Crippen LogP contribution in [0.5, 0.6) is 0 Å². The van der Waals surface area contributed by atoms with Crippen LogP contribution >= 0.6 is 0 Å². The molecule has 0 aliphatic carbocycles. The molecular formula is C7H14N4O2. The number of rotatable bonds is 7. The number of hydrogen-bond donors (Lipinski definition) is 1. The number of hydrogen-bond acceptors (Lipinski definition) is 3. The lowest BCUT2D eigenvalue weighted by Crippen LogP contribution is -2.28. The summed E-state index contributed by atoms with van der Waals surface area (Å²) in [5.74, 6) is -0.136. The van der Waals surface area contributed by atoms with Gasteiger partial charge in [-0.25, -0.2) is 0 Å². The van der Waals surface area contributed by atoms with Crippen molar-refractivity contribution >= 4 is 5.91 Å². The molecule has 0 aromatic rings. The molecular weight excluding hydrogens is 172 g/mol. The first-order valence-electron chi connectivity index (χ1n) is 4.16. The molecule has 6 nitrogen and oxygen atoms in total. The first-order valence-corrected chi connectivity index (χ1v) is 4.16. The standard InChI is InChI=1S/C7H14N4O2/c1-2-13-6-7(12)9-4-3-5-10-11-8/h2-6H2,1H3,(H,9,12). The minimum atomic E-state index is -0.136. The van der Waals surface area contributed by atoms with E-state index in [1.54, 1.807) is 0 Å². The summed E-state index contributed by atoms with van der Waals surface area (Å²) in [6.45, 7) is 3.38. The Kier molecular flexibility index (Phi) is 7.98. The second kappa shape index (κ2) is 8.83. The zero-order valence-corrected chi connectivity index (χ0v) is 7.69. The lowest BCUT2D eigenvalue weighted by atomic mass is 10.4. The Labute approximate surface area is 76.9 Å². The van der Waals surface area contributed by atoms with Crippen molar-refractivity contribution in [3.8, 4) is 0 Å². The number of carbonyl (C=O) groups excluding carboxylic acids is 1. The second-order valence-corrected chi connectivity index (χ2v) is 2.30. The highest BCUT2D eigenvalue weighted by Gasteiger charge is 1.97. The van der Waals surface area contributed by atoms with E-state index >= 15 is 0 Å². The molecule has 0 heterocycles. The van der Waals surface area contributed by atoms with Gasteiger partial charge in [-0.15, -0.1) is 0 Å². The van der Waals surface area contributed by atoms with Crippen LogP contribution in [-0.4, -0.2) is 32.2 Å². The fourth-order valence-electron chi connectivity index (χ4n) is 0.668. The highest BCUT2D eigenvalue weighted by molar-refractivity contribution is 5.77. The summed E-state index contributed by atoms with van der Waals surface area (Å²) in [6.07, 6.45) is 0.655. The van der Waals surface area contributed by atoms with Crippen LogP contribution in [0.3, 0.4) is 0 Å². The van der Waals surface area contributed by atoms with Gasteiger partial charge in [-0.1, -0.05) is 5.11 Å². The molecule has 1 N–H and O–H groups in total. The van der Waals surface area contributed by atoms with Gasteiger partial charge in [-0.3, -0.25) is 4.79 Å². The summed E-state index contributed by atoms with van der Waals surface area (Å²) >= 11 is 0. The first-order chi connectivity index (χ1) is 6.31. The van der Waals surface area contributed by atoms with Crippen LogP contribution in [-0.2, 0) is 9.53 Å². The summed E-state index contributed by atoms with van der Waals surface area (Å²) in [7, 11) is 0. The molecule has 1 amide bonds. The minimum absolute atomic E-state index is 0.0953. The number of azide groups is 1. The van der Waals surface area contributed by atoms with Gasteiger partial charge < -0.3 is 10.1 Å². The maximum absolute atomic E-state index is 10.9.